The Hall–Kier alpha value is -2.90. The van der Waals surface area contributed by atoms with Crippen LogP contribution < -0.4 is 5.32 Å². The second kappa shape index (κ2) is 7.33. The lowest BCUT2D eigenvalue weighted by atomic mass is 9.79. The van der Waals surface area contributed by atoms with Crippen LogP contribution in [0, 0.1) is 15.5 Å². The number of nitro groups is 1. The van der Waals surface area contributed by atoms with Gasteiger partial charge in [0.1, 0.15) is 17.0 Å². The summed E-state index contributed by atoms with van der Waals surface area (Å²) in [5.74, 6) is -1.84. The van der Waals surface area contributed by atoms with E-state index in [2.05, 4.69) is 5.32 Å². The molecule has 0 radical (unpaired) electrons. The summed E-state index contributed by atoms with van der Waals surface area (Å²) in [6, 6.07) is 4.79. The second-order valence-corrected chi connectivity index (χ2v) is 6.15. The topological polar surface area (TPSA) is 123 Å². The monoisotopic (exact) mass is 346 g/mol. The number of nitrogens with one attached hydrogen (secondary N) is 1. The molecular weight excluding hydrogens is 328 g/mol. The maximum atomic E-state index is 12.6. The largest absolute Gasteiger partial charge is 0.300 e. The first-order valence-electron chi connectivity index (χ1n) is 7.89. The lowest BCUT2D eigenvalue weighted by Gasteiger charge is -2.25. The molecule has 8 nitrogen and oxygen atoms in total. The van der Waals surface area contributed by atoms with E-state index < -0.39 is 22.2 Å². The van der Waals surface area contributed by atoms with Crippen molar-refractivity contribution < 1.29 is 24.1 Å². The molecule has 25 heavy (non-hydrogen) atoms. The molecule has 8 heteroatoms. The number of imide groups is 1. The zero-order valence-corrected chi connectivity index (χ0v) is 13.7. The van der Waals surface area contributed by atoms with E-state index in [1.807, 2.05) is 0 Å². The number of amides is 2. The zero-order valence-electron chi connectivity index (χ0n) is 13.7. The van der Waals surface area contributed by atoms with Crippen molar-refractivity contribution in [1.29, 1.82) is 0 Å². The van der Waals surface area contributed by atoms with E-state index in [4.69, 9.17) is 0 Å². The van der Waals surface area contributed by atoms with E-state index >= 15 is 0 Å². The van der Waals surface area contributed by atoms with E-state index in [0.717, 1.165) is 12.1 Å². The molecule has 0 aromatic heterocycles. The first-order chi connectivity index (χ1) is 11.8. The van der Waals surface area contributed by atoms with Crippen molar-refractivity contribution in [2.75, 3.05) is 0 Å². The number of rotatable bonds is 6. The summed E-state index contributed by atoms with van der Waals surface area (Å²) in [5, 5.41) is 12.8. The first kappa shape index (κ1) is 18.4. The van der Waals surface area contributed by atoms with Gasteiger partial charge in [0.05, 0.1) is 4.92 Å². The van der Waals surface area contributed by atoms with Gasteiger partial charge in [-0.15, -0.1) is 0 Å². The maximum absolute atomic E-state index is 12.6. The van der Waals surface area contributed by atoms with Crippen LogP contribution in [0.2, 0.25) is 0 Å². The highest BCUT2D eigenvalue weighted by Crippen LogP contribution is 2.39. The van der Waals surface area contributed by atoms with Crippen LogP contribution in [0.15, 0.2) is 24.3 Å². The molecule has 0 saturated heterocycles. The number of nitro benzene ring substituents is 1. The van der Waals surface area contributed by atoms with E-state index in [-0.39, 0.29) is 42.1 Å². The van der Waals surface area contributed by atoms with Crippen LogP contribution in [-0.2, 0) is 14.4 Å². The van der Waals surface area contributed by atoms with Gasteiger partial charge in [-0.25, -0.2) is 0 Å². The normalized spacial score (nSPS) is 19.5. The Morgan fingerprint density at radius 1 is 1.24 bits per heavy atom. The maximum Gasteiger partial charge on any atom is 0.269 e. The molecule has 1 fully saturated rings. The Bertz CT molecular complexity index is 740. The van der Waals surface area contributed by atoms with Crippen LogP contribution in [0.25, 0.3) is 0 Å². The molecule has 2 rings (SSSR count). The molecule has 0 bridgehead atoms. The van der Waals surface area contributed by atoms with Gasteiger partial charge in [-0.3, -0.25) is 29.8 Å². The lowest BCUT2D eigenvalue weighted by molar-refractivity contribution is -0.384. The quantitative estimate of drug-likeness (QED) is 0.363. The number of hydrogen-bond donors (Lipinski definition) is 1. The fourth-order valence-corrected chi connectivity index (χ4v) is 2.97. The molecule has 1 atom stereocenters. The fraction of sp³-hybridized carbons (Fsp3) is 0.412. The van der Waals surface area contributed by atoms with Gasteiger partial charge in [-0.1, -0.05) is 0 Å². The third kappa shape index (κ3) is 3.96. The van der Waals surface area contributed by atoms with Crippen LogP contribution in [-0.4, -0.2) is 28.3 Å². The van der Waals surface area contributed by atoms with Crippen molar-refractivity contribution >= 4 is 29.1 Å². The van der Waals surface area contributed by atoms with Crippen LogP contribution in [0.1, 0.15) is 49.4 Å². The SMILES string of the molecule is CC(=O)CC[C@]1(C(=O)NC(=O)c2ccc([N+](=O)[O-])cc2)CCCC1=O. The van der Waals surface area contributed by atoms with Crippen LogP contribution in [0.3, 0.4) is 0 Å². The molecule has 0 heterocycles. The standard InChI is InChI=1S/C17H18N2O6/c1-11(20)8-10-17(9-2-3-14(17)21)16(23)18-15(22)12-4-6-13(7-5-12)19(24)25/h4-7H,2-3,8-10H2,1H3,(H,18,22,23)/t17-/m1/s1. The summed E-state index contributed by atoms with van der Waals surface area (Å²) in [7, 11) is 0. The molecule has 1 N–H and O–H groups in total. The summed E-state index contributed by atoms with van der Waals surface area (Å²) in [4.78, 5) is 58.3. The van der Waals surface area contributed by atoms with Gasteiger partial charge in [0.2, 0.25) is 5.91 Å². The third-order valence-electron chi connectivity index (χ3n) is 4.45. The Balaban J connectivity index is 2.14. The molecule has 132 valence electrons. The lowest BCUT2D eigenvalue weighted by Crippen LogP contribution is -2.46. The van der Waals surface area contributed by atoms with Crippen molar-refractivity contribution in [2.24, 2.45) is 5.41 Å². The van der Waals surface area contributed by atoms with E-state index in [1.165, 1.54) is 19.1 Å². The molecule has 1 aliphatic rings. The molecule has 1 aromatic carbocycles. The van der Waals surface area contributed by atoms with Gasteiger partial charge in [-0.05, 0) is 38.3 Å². The van der Waals surface area contributed by atoms with Gasteiger partial charge < -0.3 is 4.79 Å². The number of nitrogens with zero attached hydrogens (tertiary/aromatic N) is 1. The third-order valence-corrected chi connectivity index (χ3v) is 4.45. The minimum atomic E-state index is -1.35. The Morgan fingerprint density at radius 3 is 2.36 bits per heavy atom. The van der Waals surface area contributed by atoms with Crippen LogP contribution in [0.5, 0.6) is 0 Å². The summed E-state index contributed by atoms with van der Waals surface area (Å²) in [6.45, 7) is 1.38. The summed E-state index contributed by atoms with van der Waals surface area (Å²) >= 11 is 0. The molecule has 0 aliphatic heterocycles. The summed E-state index contributed by atoms with van der Waals surface area (Å²) < 4.78 is 0. The van der Waals surface area contributed by atoms with Gasteiger partial charge in [-0.2, -0.15) is 0 Å². The smallest absolute Gasteiger partial charge is 0.269 e. The van der Waals surface area contributed by atoms with Crippen LogP contribution in [0.4, 0.5) is 5.69 Å². The highest BCUT2D eigenvalue weighted by Gasteiger charge is 2.48. The second-order valence-electron chi connectivity index (χ2n) is 6.15. The van der Waals surface area contributed by atoms with Crippen molar-refractivity contribution in [3.63, 3.8) is 0 Å². The Morgan fingerprint density at radius 2 is 1.88 bits per heavy atom. The minimum absolute atomic E-state index is 0.0751. The molecule has 1 saturated carbocycles. The first-order valence-corrected chi connectivity index (χ1v) is 7.89. The predicted octanol–water partition coefficient (Wildman–Crippen LogP) is 1.96. The molecular formula is C17H18N2O6. The van der Waals surface area contributed by atoms with Gasteiger partial charge >= 0.3 is 0 Å². The average Bonchev–Trinajstić information content (AvgIpc) is 2.94. The predicted molar refractivity (Wildman–Crippen MR) is 86.8 cm³/mol. The van der Waals surface area contributed by atoms with E-state index in [1.54, 1.807) is 0 Å². The Labute approximate surface area is 143 Å². The summed E-state index contributed by atoms with van der Waals surface area (Å²) in [6.07, 6.45) is 1.26. The van der Waals surface area contributed by atoms with Crippen molar-refractivity contribution in [1.82, 2.24) is 5.32 Å². The van der Waals surface area contributed by atoms with Gasteiger partial charge in [0.15, 0.2) is 0 Å². The summed E-state index contributed by atoms with van der Waals surface area (Å²) in [5.41, 5.74) is -1.44. The Kier molecular flexibility index (Phi) is 5.41. The molecule has 1 aliphatic carbocycles. The molecule has 0 spiro atoms. The number of hydrogen-bond acceptors (Lipinski definition) is 6. The number of carbonyl (C=O) groups is 4. The number of benzene rings is 1. The average molecular weight is 346 g/mol. The van der Waals surface area contributed by atoms with Crippen molar-refractivity contribution in [3.8, 4) is 0 Å². The van der Waals surface area contributed by atoms with Crippen LogP contribution >= 0.6 is 0 Å². The van der Waals surface area contributed by atoms with Gasteiger partial charge in [0, 0.05) is 30.5 Å². The highest BCUT2D eigenvalue weighted by atomic mass is 16.6. The number of non-ortho nitro benzene ring substituents is 1. The van der Waals surface area contributed by atoms with Crippen molar-refractivity contribution in [3.05, 3.63) is 39.9 Å². The number of carbonyl (C=O) groups excluding carboxylic acids is 4. The molecule has 0 unspecified atom stereocenters. The molecule has 2 amide bonds. The number of Topliss-reactive ketones (excluding diaryl/α,β-unsaturated/α-hetero) is 2. The minimum Gasteiger partial charge on any atom is -0.300 e. The van der Waals surface area contributed by atoms with E-state index in [9.17, 15) is 29.3 Å². The fourth-order valence-electron chi connectivity index (χ4n) is 2.97. The van der Waals surface area contributed by atoms with Crippen molar-refractivity contribution in [2.45, 2.75) is 39.0 Å². The van der Waals surface area contributed by atoms with E-state index in [0.29, 0.717) is 12.8 Å². The zero-order chi connectivity index (χ0) is 18.6. The highest BCUT2D eigenvalue weighted by molar-refractivity contribution is 6.14. The van der Waals surface area contributed by atoms with Gasteiger partial charge in [0.25, 0.3) is 11.6 Å². The molecule has 1 aromatic rings. The number of ketones is 2.